The third-order valence-electron chi connectivity index (χ3n) is 3.19. The highest BCUT2D eigenvalue weighted by Gasteiger charge is 2.16. The molecule has 0 saturated heterocycles. The lowest BCUT2D eigenvalue weighted by Crippen LogP contribution is -2.03. The van der Waals surface area contributed by atoms with E-state index in [0.717, 1.165) is 11.3 Å². The molecule has 20 heavy (non-hydrogen) atoms. The summed E-state index contributed by atoms with van der Waals surface area (Å²) in [7, 11) is 0. The molecular weight excluding hydrogens is 256 g/mol. The summed E-state index contributed by atoms with van der Waals surface area (Å²) in [5, 5.41) is 19.9. The number of benzene rings is 1. The zero-order chi connectivity index (χ0) is 14.9. The summed E-state index contributed by atoms with van der Waals surface area (Å²) in [6, 6.07) is 8.08. The van der Waals surface area contributed by atoms with Gasteiger partial charge in [0, 0.05) is 23.4 Å². The lowest BCUT2D eigenvalue weighted by Gasteiger charge is -2.12. The lowest BCUT2D eigenvalue weighted by atomic mass is 9.95. The first-order valence-electron chi connectivity index (χ1n) is 5.87. The van der Waals surface area contributed by atoms with Gasteiger partial charge in [-0.25, -0.2) is 4.98 Å². The number of nitrogens with zero attached hydrogens (tertiary/aromatic N) is 3. The molecule has 0 aliphatic heterocycles. The van der Waals surface area contributed by atoms with Crippen LogP contribution in [0.3, 0.4) is 0 Å². The van der Waals surface area contributed by atoms with Gasteiger partial charge in [0.25, 0.3) is 5.69 Å². The Morgan fingerprint density at radius 3 is 2.40 bits per heavy atom. The Bertz CT molecular complexity index is 730. The van der Waals surface area contributed by atoms with Crippen LogP contribution in [0.5, 0.6) is 0 Å². The van der Waals surface area contributed by atoms with Crippen LogP contribution >= 0.6 is 0 Å². The minimum Gasteiger partial charge on any atom is -0.383 e. The van der Waals surface area contributed by atoms with Gasteiger partial charge in [-0.1, -0.05) is 0 Å². The van der Waals surface area contributed by atoms with E-state index in [1.54, 1.807) is 12.1 Å². The molecule has 1 heterocycles. The maximum atomic E-state index is 10.7. The highest BCUT2D eigenvalue weighted by atomic mass is 16.6. The second-order valence-electron chi connectivity index (χ2n) is 4.37. The predicted molar refractivity (Wildman–Crippen MR) is 74.9 cm³/mol. The molecule has 2 aromatic rings. The summed E-state index contributed by atoms with van der Waals surface area (Å²) in [5.41, 5.74) is 9.02. The third-order valence-corrected chi connectivity index (χ3v) is 3.19. The van der Waals surface area contributed by atoms with Gasteiger partial charge in [-0.15, -0.1) is 0 Å². The number of nitro groups is 1. The van der Waals surface area contributed by atoms with Gasteiger partial charge in [0.2, 0.25) is 0 Å². The molecule has 100 valence electrons. The molecule has 0 bridgehead atoms. The van der Waals surface area contributed by atoms with Crippen molar-refractivity contribution < 1.29 is 4.92 Å². The zero-order valence-electron chi connectivity index (χ0n) is 11.0. The minimum atomic E-state index is -0.464. The van der Waals surface area contributed by atoms with Crippen LogP contribution in [-0.2, 0) is 0 Å². The predicted octanol–water partition coefficient (Wildman–Crippen LogP) is 2.73. The largest absolute Gasteiger partial charge is 0.383 e. The van der Waals surface area contributed by atoms with Gasteiger partial charge in [0.15, 0.2) is 0 Å². The summed E-state index contributed by atoms with van der Waals surface area (Å²) in [5.74, 6) is 0.170. The molecule has 0 saturated carbocycles. The number of aromatic nitrogens is 1. The molecule has 0 atom stereocenters. The molecule has 0 fully saturated rings. The zero-order valence-corrected chi connectivity index (χ0v) is 11.0. The van der Waals surface area contributed by atoms with E-state index in [1.807, 2.05) is 19.9 Å². The van der Waals surface area contributed by atoms with Crippen molar-refractivity contribution in [1.82, 2.24) is 4.98 Å². The molecule has 2 rings (SSSR count). The summed E-state index contributed by atoms with van der Waals surface area (Å²) < 4.78 is 0. The van der Waals surface area contributed by atoms with Gasteiger partial charge in [0.1, 0.15) is 17.5 Å². The molecule has 0 aliphatic carbocycles. The van der Waals surface area contributed by atoms with Crippen LogP contribution in [0.2, 0.25) is 0 Å². The summed E-state index contributed by atoms with van der Waals surface area (Å²) in [6.07, 6.45) is 0. The molecule has 1 aromatic carbocycles. The molecule has 0 aliphatic rings. The summed E-state index contributed by atoms with van der Waals surface area (Å²) in [4.78, 5) is 14.3. The van der Waals surface area contributed by atoms with E-state index in [-0.39, 0.29) is 11.5 Å². The molecular formula is C14H12N4O2. The molecule has 0 unspecified atom stereocenters. The van der Waals surface area contributed by atoms with E-state index in [0.29, 0.717) is 16.7 Å². The number of pyridine rings is 1. The maximum absolute atomic E-state index is 10.7. The van der Waals surface area contributed by atoms with Crippen molar-refractivity contribution in [2.45, 2.75) is 13.8 Å². The Kier molecular flexibility index (Phi) is 3.36. The van der Waals surface area contributed by atoms with Crippen molar-refractivity contribution in [2.24, 2.45) is 0 Å². The fourth-order valence-corrected chi connectivity index (χ4v) is 2.04. The number of hydrogen-bond acceptors (Lipinski definition) is 5. The molecule has 0 radical (unpaired) electrons. The molecule has 6 heteroatoms. The number of aryl methyl sites for hydroxylation is 1. The number of non-ortho nitro benzene ring substituents is 1. The van der Waals surface area contributed by atoms with Crippen molar-refractivity contribution in [3.05, 3.63) is 51.2 Å². The van der Waals surface area contributed by atoms with Crippen LogP contribution in [0, 0.1) is 35.3 Å². The van der Waals surface area contributed by atoms with Crippen LogP contribution in [0.25, 0.3) is 11.1 Å². The van der Waals surface area contributed by atoms with Crippen LogP contribution in [0.1, 0.15) is 16.8 Å². The van der Waals surface area contributed by atoms with Gasteiger partial charge in [-0.05, 0) is 37.1 Å². The molecule has 1 aromatic heterocycles. The van der Waals surface area contributed by atoms with Gasteiger partial charge >= 0.3 is 0 Å². The minimum absolute atomic E-state index is 0.00339. The first-order valence-corrected chi connectivity index (χ1v) is 5.87. The van der Waals surface area contributed by atoms with E-state index < -0.39 is 4.92 Å². The van der Waals surface area contributed by atoms with Crippen LogP contribution in [0.15, 0.2) is 24.3 Å². The summed E-state index contributed by atoms with van der Waals surface area (Å²) >= 11 is 0. The standard InChI is InChI=1S/C14H12N4O2/c1-8-9(2)17-14(16)12(7-15)13(8)10-3-5-11(6-4-10)18(19)20/h3-6H,1-2H3,(H2,16,17). The van der Waals surface area contributed by atoms with Crippen molar-refractivity contribution >= 4 is 11.5 Å². The Labute approximate surface area is 115 Å². The Hall–Kier alpha value is -2.94. The number of nitro benzene ring substituents is 1. The average molecular weight is 268 g/mol. The average Bonchev–Trinajstić information content (AvgIpc) is 2.42. The topological polar surface area (TPSA) is 106 Å². The van der Waals surface area contributed by atoms with Crippen LogP contribution < -0.4 is 5.73 Å². The lowest BCUT2D eigenvalue weighted by molar-refractivity contribution is -0.384. The quantitative estimate of drug-likeness (QED) is 0.665. The third kappa shape index (κ3) is 2.17. The van der Waals surface area contributed by atoms with Crippen LogP contribution in [-0.4, -0.2) is 9.91 Å². The maximum Gasteiger partial charge on any atom is 0.269 e. The smallest absolute Gasteiger partial charge is 0.269 e. The molecule has 0 amide bonds. The second-order valence-corrected chi connectivity index (χ2v) is 4.37. The molecule has 0 spiro atoms. The highest BCUT2D eigenvalue weighted by Crippen LogP contribution is 2.32. The van der Waals surface area contributed by atoms with Gasteiger partial charge in [-0.3, -0.25) is 10.1 Å². The van der Waals surface area contributed by atoms with Crippen molar-refractivity contribution in [2.75, 3.05) is 5.73 Å². The van der Waals surface area contributed by atoms with Gasteiger partial charge in [-0.2, -0.15) is 5.26 Å². The van der Waals surface area contributed by atoms with Crippen molar-refractivity contribution in [1.29, 1.82) is 5.26 Å². The summed E-state index contributed by atoms with van der Waals surface area (Å²) in [6.45, 7) is 3.65. The Morgan fingerprint density at radius 1 is 1.30 bits per heavy atom. The van der Waals surface area contributed by atoms with E-state index in [9.17, 15) is 15.4 Å². The fourth-order valence-electron chi connectivity index (χ4n) is 2.04. The number of hydrogen-bond donors (Lipinski definition) is 1. The Balaban J connectivity index is 2.69. The molecule has 6 nitrogen and oxygen atoms in total. The van der Waals surface area contributed by atoms with E-state index in [4.69, 9.17) is 5.73 Å². The number of anilines is 1. The van der Waals surface area contributed by atoms with Gasteiger partial charge in [0.05, 0.1) is 4.92 Å². The molecule has 2 N–H and O–H groups in total. The number of rotatable bonds is 2. The second kappa shape index (κ2) is 4.97. The first-order chi connectivity index (χ1) is 9.45. The number of nitriles is 1. The van der Waals surface area contributed by atoms with Crippen molar-refractivity contribution in [3.63, 3.8) is 0 Å². The van der Waals surface area contributed by atoms with Crippen LogP contribution in [0.4, 0.5) is 11.5 Å². The number of nitrogens with two attached hydrogens (primary N) is 1. The van der Waals surface area contributed by atoms with Gasteiger partial charge < -0.3 is 5.73 Å². The fraction of sp³-hybridized carbons (Fsp3) is 0.143. The first kappa shape index (κ1) is 13.5. The normalized spacial score (nSPS) is 10.1. The Morgan fingerprint density at radius 2 is 1.90 bits per heavy atom. The van der Waals surface area contributed by atoms with E-state index in [1.165, 1.54) is 12.1 Å². The van der Waals surface area contributed by atoms with Crippen molar-refractivity contribution in [3.8, 4) is 17.2 Å². The SMILES string of the molecule is Cc1nc(N)c(C#N)c(-c2ccc([N+](=O)[O-])cc2)c1C. The van der Waals surface area contributed by atoms with E-state index in [2.05, 4.69) is 4.98 Å². The monoisotopic (exact) mass is 268 g/mol. The highest BCUT2D eigenvalue weighted by molar-refractivity contribution is 5.79. The van der Waals surface area contributed by atoms with E-state index >= 15 is 0 Å². The number of nitrogen functional groups attached to an aromatic ring is 1.